The second kappa shape index (κ2) is 8.86. The molecule has 0 bridgehead atoms. The average Bonchev–Trinajstić information content (AvgIpc) is 3.27. The lowest BCUT2D eigenvalue weighted by atomic mass is 10.1. The SMILES string of the molecule is Oc1cc(OCCc2ccccc2)ccc1-c1[nH]ncc1Oc1ccc2ccccc2c1. The standard InChI is InChI=1S/C27H22N2O3/c30-25-17-22(31-15-14-19-6-2-1-3-7-19)12-13-24(25)27-26(18-28-29-27)32-23-11-10-20-8-4-5-9-21(20)16-23/h1-13,16-18,30H,14-15H2,(H,28,29). The van der Waals surface area contributed by atoms with Crippen molar-refractivity contribution in [3.05, 3.63) is 103 Å². The third-order valence-electron chi connectivity index (χ3n) is 5.29. The van der Waals surface area contributed by atoms with Crippen LogP contribution in [0.5, 0.6) is 23.0 Å². The fraction of sp³-hybridized carbons (Fsp3) is 0.0741. The second-order valence-corrected chi connectivity index (χ2v) is 7.48. The van der Waals surface area contributed by atoms with E-state index in [1.165, 1.54) is 5.56 Å². The Bertz CT molecular complexity index is 1350. The summed E-state index contributed by atoms with van der Waals surface area (Å²) in [6.45, 7) is 0.531. The molecule has 158 valence electrons. The molecule has 0 fully saturated rings. The number of H-pyrrole nitrogens is 1. The Morgan fingerprint density at radius 3 is 2.41 bits per heavy atom. The van der Waals surface area contributed by atoms with E-state index < -0.39 is 0 Å². The first-order valence-electron chi connectivity index (χ1n) is 10.5. The molecule has 0 amide bonds. The molecule has 5 nitrogen and oxygen atoms in total. The molecule has 5 rings (SSSR count). The fourth-order valence-corrected chi connectivity index (χ4v) is 3.65. The van der Waals surface area contributed by atoms with E-state index in [1.54, 1.807) is 18.3 Å². The van der Waals surface area contributed by atoms with Crippen LogP contribution in [0, 0.1) is 0 Å². The highest BCUT2D eigenvalue weighted by Gasteiger charge is 2.15. The zero-order chi connectivity index (χ0) is 21.8. The first-order valence-corrected chi connectivity index (χ1v) is 10.5. The summed E-state index contributed by atoms with van der Waals surface area (Å²) in [5, 5.41) is 19.9. The van der Waals surface area contributed by atoms with Gasteiger partial charge in [0.1, 0.15) is 22.9 Å². The molecule has 1 aromatic heterocycles. The zero-order valence-electron chi connectivity index (χ0n) is 17.4. The van der Waals surface area contributed by atoms with Crippen molar-refractivity contribution in [2.24, 2.45) is 0 Å². The molecule has 2 N–H and O–H groups in total. The van der Waals surface area contributed by atoms with E-state index in [0.717, 1.165) is 17.2 Å². The number of benzene rings is 4. The lowest BCUT2D eigenvalue weighted by molar-refractivity contribution is 0.320. The molecular weight excluding hydrogens is 400 g/mol. The summed E-state index contributed by atoms with van der Waals surface area (Å²) in [5.74, 6) is 1.94. The molecule has 0 radical (unpaired) electrons. The van der Waals surface area contributed by atoms with Crippen LogP contribution in [0.2, 0.25) is 0 Å². The smallest absolute Gasteiger partial charge is 0.173 e. The van der Waals surface area contributed by atoms with Gasteiger partial charge in [-0.25, -0.2) is 0 Å². The predicted molar refractivity (Wildman–Crippen MR) is 125 cm³/mol. The van der Waals surface area contributed by atoms with Gasteiger partial charge in [0, 0.05) is 18.1 Å². The minimum atomic E-state index is 0.0924. The maximum absolute atomic E-state index is 10.6. The van der Waals surface area contributed by atoms with Crippen molar-refractivity contribution in [3.8, 4) is 34.3 Å². The van der Waals surface area contributed by atoms with E-state index >= 15 is 0 Å². The monoisotopic (exact) mass is 422 g/mol. The van der Waals surface area contributed by atoms with Gasteiger partial charge in [-0.15, -0.1) is 0 Å². The summed E-state index contributed by atoms with van der Waals surface area (Å²) in [7, 11) is 0. The van der Waals surface area contributed by atoms with Crippen LogP contribution < -0.4 is 9.47 Å². The number of aromatic amines is 1. The van der Waals surface area contributed by atoms with E-state index in [0.29, 0.717) is 35.1 Å². The molecule has 0 spiro atoms. The second-order valence-electron chi connectivity index (χ2n) is 7.48. The fourth-order valence-electron chi connectivity index (χ4n) is 3.65. The molecule has 1 heterocycles. The lowest BCUT2D eigenvalue weighted by Crippen LogP contribution is -2.01. The topological polar surface area (TPSA) is 67.4 Å². The molecule has 5 aromatic rings. The van der Waals surface area contributed by atoms with Gasteiger partial charge < -0.3 is 14.6 Å². The minimum absolute atomic E-state index is 0.0924. The highest BCUT2D eigenvalue weighted by Crippen LogP contribution is 2.38. The number of hydrogen-bond donors (Lipinski definition) is 2. The molecule has 0 unspecified atom stereocenters. The van der Waals surface area contributed by atoms with Crippen molar-refractivity contribution < 1.29 is 14.6 Å². The molecule has 32 heavy (non-hydrogen) atoms. The first-order chi connectivity index (χ1) is 15.8. The van der Waals surface area contributed by atoms with E-state index in [4.69, 9.17) is 9.47 Å². The van der Waals surface area contributed by atoms with Gasteiger partial charge >= 0.3 is 0 Å². The summed E-state index contributed by atoms with van der Waals surface area (Å²) >= 11 is 0. The Labute approximate surface area is 185 Å². The number of rotatable bonds is 7. The normalized spacial score (nSPS) is 10.9. The molecular formula is C27H22N2O3. The van der Waals surface area contributed by atoms with E-state index in [1.807, 2.05) is 60.7 Å². The Morgan fingerprint density at radius 2 is 1.56 bits per heavy atom. The van der Waals surface area contributed by atoms with Crippen LogP contribution in [0.15, 0.2) is 97.2 Å². The van der Waals surface area contributed by atoms with Gasteiger partial charge in [0.25, 0.3) is 0 Å². The summed E-state index contributed by atoms with van der Waals surface area (Å²) < 4.78 is 11.9. The third kappa shape index (κ3) is 4.27. The Hall–Kier alpha value is -4.25. The summed E-state index contributed by atoms with van der Waals surface area (Å²) in [5.41, 5.74) is 2.40. The Kier molecular flexibility index (Phi) is 5.45. The van der Waals surface area contributed by atoms with Gasteiger partial charge in [-0.1, -0.05) is 60.7 Å². The maximum atomic E-state index is 10.6. The van der Waals surface area contributed by atoms with Crippen molar-refractivity contribution in [3.63, 3.8) is 0 Å². The van der Waals surface area contributed by atoms with Crippen molar-refractivity contribution in [2.75, 3.05) is 6.61 Å². The van der Waals surface area contributed by atoms with Crippen LogP contribution in [0.25, 0.3) is 22.0 Å². The van der Waals surface area contributed by atoms with Crippen molar-refractivity contribution >= 4 is 10.8 Å². The van der Waals surface area contributed by atoms with Crippen molar-refractivity contribution in [2.45, 2.75) is 6.42 Å². The van der Waals surface area contributed by atoms with Gasteiger partial charge in [-0.05, 0) is 40.6 Å². The average molecular weight is 422 g/mol. The molecule has 0 aliphatic heterocycles. The number of hydrogen-bond acceptors (Lipinski definition) is 4. The summed E-state index contributed by atoms with van der Waals surface area (Å²) in [6.07, 6.45) is 2.40. The van der Waals surface area contributed by atoms with Crippen LogP contribution in [-0.4, -0.2) is 21.9 Å². The van der Waals surface area contributed by atoms with E-state index in [2.05, 4.69) is 28.4 Å². The van der Waals surface area contributed by atoms with Gasteiger partial charge in [-0.3, -0.25) is 5.10 Å². The van der Waals surface area contributed by atoms with Gasteiger partial charge in [-0.2, -0.15) is 5.10 Å². The number of nitrogens with zero attached hydrogens (tertiary/aromatic N) is 1. The molecule has 0 atom stereocenters. The van der Waals surface area contributed by atoms with Crippen LogP contribution in [-0.2, 0) is 6.42 Å². The molecule has 0 saturated heterocycles. The van der Waals surface area contributed by atoms with Crippen LogP contribution in [0.4, 0.5) is 0 Å². The number of phenols is 1. The number of aromatic hydroxyl groups is 1. The van der Waals surface area contributed by atoms with E-state index in [9.17, 15) is 5.11 Å². The maximum Gasteiger partial charge on any atom is 0.173 e. The number of ether oxygens (including phenoxy) is 2. The largest absolute Gasteiger partial charge is 0.507 e. The predicted octanol–water partition coefficient (Wildman–Crippen LogP) is 6.35. The van der Waals surface area contributed by atoms with Gasteiger partial charge in [0.05, 0.1) is 12.8 Å². The lowest BCUT2D eigenvalue weighted by Gasteiger charge is -2.11. The number of nitrogens with one attached hydrogen (secondary N) is 1. The summed E-state index contributed by atoms with van der Waals surface area (Å²) in [4.78, 5) is 0. The van der Waals surface area contributed by atoms with Crippen LogP contribution in [0.3, 0.4) is 0 Å². The van der Waals surface area contributed by atoms with Crippen LogP contribution >= 0.6 is 0 Å². The van der Waals surface area contributed by atoms with Gasteiger partial charge in [0.15, 0.2) is 5.75 Å². The molecule has 0 aliphatic rings. The Morgan fingerprint density at radius 1 is 0.781 bits per heavy atom. The number of aromatic nitrogens is 2. The Balaban J connectivity index is 1.31. The molecule has 4 aromatic carbocycles. The highest BCUT2D eigenvalue weighted by atomic mass is 16.5. The quantitative estimate of drug-likeness (QED) is 0.321. The van der Waals surface area contributed by atoms with Crippen molar-refractivity contribution in [1.82, 2.24) is 10.2 Å². The first kappa shape index (κ1) is 19.7. The zero-order valence-corrected chi connectivity index (χ0v) is 17.4. The summed E-state index contributed by atoms with van der Waals surface area (Å²) in [6, 6.07) is 29.4. The number of phenolic OH excluding ortho intramolecular Hbond substituents is 1. The molecule has 0 saturated carbocycles. The highest BCUT2D eigenvalue weighted by molar-refractivity contribution is 5.84. The molecule has 0 aliphatic carbocycles. The van der Waals surface area contributed by atoms with Crippen molar-refractivity contribution in [1.29, 1.82) is 0 Å². The van der Waals surface area contributed by atoms with Crippen LogP contribution in [0.1, 0.15) is 5.56 Å². The molecule has 5 heteroatoms. The minimum Gasteiger partial charge on any atom is -0.507 e. The third-order valence-corrected chi connectivity index (χ3v) is 5.29. The van der Waals surface area contributed by atoms with Gasteiger partial charge in [0.2, 0.25) is 0 Å². The number of fused-ring (bicyclic) bond motifs is 1. The van der Waals surface area contributed by atoms with E-state index in [-0.39, 0.29) is 5.75 Å².